The maximum atomic E-state index is 13.7. The molecule has 32 heavy (non-hydrogen) atoms. The SMILES string of the molecule is CCc1cnc2c(c1NC(=O)C(c1ccccc1)c1ccccc1)c(=O)n(C)c(=O)n2C. The average Bonchev–Trinajstić information content (AvgIpc) is 2.82. The highest BCUT2D eigenvalue weighted by molar-refractivity contribution is 6.04. The van der Waals surface area contributed by atoms with Crippen LogP contribution in [-0.2, 0) is 25.3 Å². The molecule has 162 valence electrons. The number of hydrogen-bond donors (Lipinski definition) is 1. The van der Waals surface area contributed by atoms with Gasteiger partial charge in [0, 0.05) is 20.3 Å². The second-order valence-corrected chi connectivity index (χ2v) is 7.66. The molecule has 2 heterocycles. The summed E-state index contributed by atoms with van der Waals surface area (Å²) in [5.74, 6) is -0.831. The van der Waals surface area contributed by atoms with E-state index in [1.54, 1.807) is 13.2 Å². The molecule has 0 spiro atoms. The van der Waals surface area contributed by atoms with Crippen LogP contribution < -0.4 is 16.6 Å². The van der Waals surface area contributed by atoms with Crippen molar-refractivity contribution in [3.8, 4) is 0 Å². The topological polar surface area (TPSA) is 86.0 Å². The number of carbonyl (C=O) groups excluding carboxylic acids is 1. The lowest BCUT2D eigenvalue weighted by Crippen LogP contribution is -2.38. The third-order valence-corrected chi connectivity index (χ3v) is 5.70. The normalized spacial score (nSPS) is 11.1. The lowest BCUT2D eigenvalue weighted by atomic mass is 9.90. The molecule has 1 N–H and O–H groups in total. The van der Waals surface area contributed by atoms with E-state index in [1.165, 1.54) is 11.6 Å². The molecule has 1 amide bonds. The zero-order valence-corrected chi connectivity index (χ0v) is 18.2. The van der Waals surface area contributed by atoms with Crippen molar-refractivity contribution in [2.24, 2.45) is 14.1 Å². The van der Waals surface area contributed by atoms with E-state index in [0.29, 0.717) is 12.1 Å². The van der Waals surface area contributed by atoms with Crippen molar-refractivity contribution >= 4 is 22.6 Å². The van der Waals surface area contributed by atoms with E-state index in [1.807, 2.05) is 67.6 Å². The molecule has 0 saturated heterocycles. The Kier molecular flexibility index (Phi) is 5.73. The van der Waals surface area contributed by atoms with Crippen LogP contribution in [0.1, 0.15) is 29.5 Å². The molecule has 2 aromatic heterocycles. The number of amides is 1. The standard InChI is InChI=1S/C25H24N4O3/c1-4-16-15-26-22-20(24(31)29(3)25(32)28(22)2)21(16)27-23(30)19(17-11-7-5-8-12-17)18-13-9-6-10-14-18/h5-15,19H,4H2,1-3H3,(H,26,27,30). The van der Waals surface area contributed by atoms with Gasteiger partial charge in [0.2, 0.25) is 5.91 Å². The smallest absolute Gasteiger partial charge is 0.324 e. The Hall–Kier alpha value is -4.00. The first-order chi connectivity index (χ1) is 15.4. The number of aromatic nitrogens is 3. The van der Waals surface area contributed by atoms with Crippen LogP contribution >= 0.6 is 0 Å². The van der Waals surface area contributed by atoms with Gasteiger partial charge in [-0.1, -0.05) is 67.6 Å². The minimum Gasteiger partial charge on any atom is -0.324 e. The molecule has 7 heteroatoms. The third-order valence-electron chi connectivity index (χ3n) is 5.70. The van der Waals surface area contributed by atoms with Gasteiger partial charge in [-0.2, -0.15) is 0 Å². The van der Waals surface area contributed by atoms with Crippen molar-refractivity contribution in [3.05, 3.63) is 104 Å². The predicted octanol–water partition coefficient (Wildman–Crippen LogP) is 2.97. The van der Waals surface area contributed by atoms with Gasteiger partial charge in [-0.3, -0.25) is 18.7 Å². The van der Waals surface area contributed by atoms with E-state index in [-0.39, 0.29) is 16.9 Å². The van der Waals surface area contributed by atoms with Crippen LogP contribution in [0.3, 0.4) is 0 Å². The Balaban J connectivity index is 1.91. The molecule has 0 aliphatic heterocycles. The molecule has 0 aliphatic rings. The van der Waals surface area contributed by atoms with Crippen LogP contribution in [0.15, 0.2) is 76.4 Å². The van der Waals surface area contributed by atoms with Crippen LogP contribution in [0.4, 0.5) is 5.69 Å². The Morgan fingerprint density at radius 3 is 2.03 bits per heavy atom. The number of aryl methyl sites for hydroxylation is 2. The number of rotatable bonds is 5. The lowest BCUT2D eigenvalue weighted by molar-refractivity contribution is -0.116. The van der Waals surface area contributed by atoms with Crippen molar-refractivity contribution in [3.63, 3.8) is 0 Å². The Bertz CT molecular complexity index is 1370. The van der Waals surface area contributed by atoms with E-state index < -0.39 is 17.2 Å². The number of fused-ring (bicyclic) bond motifs is 1. The Morgan fingerprint density at radius 1 is 0.938 bits per heavy atom. The largest absolute Gasteiger partial charge is 0.332 e. The van der Waals surface area contributed by atoms with Gasteiger partial charge in [0.1, 0.15) is 5.39 Å². The van der Waals surface area contributed by atoms with Crippen molar-refractivity contribution < 1.29 is 4.79 Å². The summed E-state index contributed by atoms with van der Waals surface area (Å²) in [6.45, 7) is 1.93. The highest BCUT2D eigenvalue weighted by Crippen LogP contribution is 2.29. The number of hydrogen-bond acceptors (Lipinski definition) is 4. The van der Waals surface area contributed by atoms with Crippen LogP contribution in [0.5, 0.6) is 0 Å². The van der Waals surface area contributed by atoms with Gasteiger partial charge in [-0.25, -0.2) is 9.78 Å². The molecule has 0 atom stereocenters. The summed E-state index contributed by atoms with van der Waals surface area (Å²) in [6, 6.07) is 19.0. The number of carbonyl (C=O) groups is 1. The van der Waals surface area contributed by atoms with Gasteiger partial charge in [0.25, 0.3) is 5.56 Å². The summed E-state index contributed by atoms with van der Waals surface area (Å²) < 4.78 is 2.35. The molecule has 0 bridgehead atoms. The second-order valence-electron chi connectivity index (χ2n) is 7.66. The zero-order chi connectivity index (χ0) is 22.8. The number of nitrogens with one attached hydrogen (secondary N) is 1. The van der Waals surface area contributed by atoms with E-state index in [4.69, 9.17) is 0 Å². The molecule has 4 rings (SSSR count). The number of benzene rings is 2. The molecular weight excluding hydrogens is 404 g/mol. The lowest BCUT2D eigenvalue weighted by Gasteiger charge is -2.20. The summed E-state index contributed by atoms with van der Waals surface area (Å²) >= 11 is 0. The van der Waals surface area contributed by atoms with Crippen LogP contribution in [0.2, 0.25) is 0 Å². The van der Waals surface area contributed by atoms with Crippen LogP contribution in [0.25, 0.3) is 11.0 Å². The van der Waals surface area contributed by atoms with Crippen molar-refractivity contribution in [1.29, 1.82) is 0 Å². The monoisotopic (exact) mass is 428 g/mol. The number of anilines is 1. The molecule has 0 unspecified atom stereocenters. The van der Waals surface area contributed by atoms with E-state index in [2.05, 4.69) is 10.3 Å². The van der Waals surface area contributed by atoms with Gasteiger partial charge >= 0.3 is 5.69 Å². The first-order valence-electron chi connectivity index (χ1n) is 10.4. The molecular formula is C25H24N4O3. The summed E-state index contributed by atoms with van der Waals surface area (Å²) in [7, 11) is 2.98. The predicted molar refractivity (Wildman–Crippen MR) is 125 cm³/mol. The van der Waals surface area contributed by atoms with Crippen molar-refractivity contribution in [2.45, 2.75) is 19.3 Å². The number of pyridine rings is 1. The summed E-state index contributed by atoms with van der Waals surface area (Å²) in [6.07, 6.45) is 2.17. The fourth-order valence-electron chi connectivity index (χ4n) is 3.96. The Morgan fingerprint density at radius 2 is 1.50 bits per heavy atom. The van der Waals surface area contributed by atoms with E-state index in [9.17, 15) is 14.4 Å². The van der Waals surface area contributed by atoms with Gasteiger partial charge in [-0.05, 0) is 23.1 Å². The van der Waals surface area contributed by atoms with Crippen molar-refractivity contribution in [2.75, 3.05) is 5.32 Å². The van der Waals surface area contributed by atoms with E-state index >= 15 is 0 Å². The minimum atomic E-state index is -0.568. The molecule has 2 aromatic carbocycles. The molecule has 4 aromatic rings. The minimum absolute atomic E-state index is 0.224. The second kappa shape index (κ2) is 8.63. The van der Waals surface area contributed by atoms with E-state index in [0.717, 1.165) is 21.3 Å². The molecule has 0 fully saturated rings. The summed E-state index contributed by atoms with van der Waals surface area (Å²) in [5.41, 5.74) is 2.08. The van der Waals surface area contributed by atoms with Gasteiger partial charge in [0.15, 0.2) is 5.65 Å². The maximum absolute atomic E-state index is 13.7. The molecule has 0 saturated carbocycles. The van der Waals surface area contributed by atoms with Gasteiger partial charge < -0.3 is 5.32 Å². The summed E-state index contributed by atoms with van der Waals surface area (Å²) in [4.78, 5) is 43.4. The van der Waals surface area contributed by atoms with Crippen LogP contribution in [-0.4, -0.2) is 20.0 Å². The maximum Gasteiger partial charge on any atom is 0.332 e. The fraction of sp³-hybridized carbons (Fsp3) is 0.200. The highest BCUT2D eigenvalue weighted by atomic mass is 16.2. The van der Waals surface area contributed by atoms with Crippen LogP contribution in [0, 0.1) is 0 Å². The Labute approximate surface area is 185 Å². The first kappa shape index (κ1) is 21.2. The first-order valence-corrected chi connectivity index (χ1v) is 10.4. The summed E-state index contributed by atoms with van der Waals surface area (Å²) in [5, 5.41) is 3.23. The fourth-order valence-corrected chi connectivity index (χ4v) is 3.96. The average molecular weight is 428 g/mol. The quantitative estimate of drug-likeness (QED) is 0.530. The highest BCUT2D eigenvalue weighted by Gasteiger charge is 2.25. The third kappa shape index (κ3) is 3.62. The zero-order valence-electron chi connectivity index (χ0n) is 18.2. The van der Waals surface area contributed by atoms with Gasteiger partial charge in [0.05, 0.1) is 11.6 Å². The van der Waals surface area contributed by atoms with Gasteiger partial charge in [-0.15, -0.1) is 0 Å². The molecule has 7 nitrogen and oxygen atoms in total. The molecule has 0 aliphatic carbocycles. The molecule has 0 radical (unpaired) electrons. The number of nitrogens with zero attached hydrogens (tertiary/aromatic N) is 3. The van der Waals surface area contributed by atoms with Crippen molar-refractivity contribution in [1.82, 2.24) is 14.1 Å².